The van der Waals surface area contributed by atoms with Gasteiger partial charge in [-0.2, -0.15) is 4.98 Å². The van der Waals surface area contributed by atoms with Gasteiger partial charge in [-0.05, 0) is 24.1 Å². The van der Waals surface area contributed by atoms with E-state index in [0.29, 0.717) is 30.5 Å². The number of ether oxygens (including phenoxy) is 3. The van der Waals surface area contributed by atoms with Gasteiger partial charge in [-0.3, -0.25) is 4.57 Å². The number of aromatic nitrogens is 2. The van der Waals surface area contributed by atoms with E-state index >= 15 is 0 Å². The molecule has 1 aliphatic rings. The number of quaternary nitrogens is 1. The molecule has 0 saturated heterocycles. The van der Waals surface area contributed by atoms with E-state index in [9.17, 15) is 4.79 Å². The fourth-order valence-electron chi connectivity index (χ4n) is 2.96. The van der Waals surface area contributed by atoms with Crippen LogP contribution in [0.1, 0.15) is 5.56 Å². The molecule has 0 amide bonds. The zero-order valence-electron chi connectivity index (χ0n) is 15.1. The van der Waals surface area contributed by atoms with E-state index in [1.165, 1.54) is 4.90 Å². The molecular formula is C18H24N3O4+. The van der Waals surface area contributed by atoms with Crippen LogP contribution in [0.2, 0.25) is 0 Å². The van der Waals surface area contributed by atoms with Crippen LogP contribution in [0.15, 0.2) is 23.0 Å². The summed E-state index contributed by atoms with van der Waals surface area (Å²) in [5, 5.41) is 0. The highest BCUT2D eigenvalue weighted by atomic mass is 16.5. The van der Waals surface area contributed by atoms with E-state index in [1.807, 2.05) is 18.2 Å². The summed E-state index contributed by atoms with van der Waals surface area (Å²) in [5.74, 6) is 1.69. The standard InChI is InChI=1S/C18H23N3O4/c1-20(2)7-8-25-17-11-14-13-10-16(24-4)15(23-3)9-12(13)5-6-21(14)18(22)19-17/h9-11H,5-8H2,1-4H3/p+1. The molecule has 1 N–H and O–H groups in total. The highest BCUT2D eigenvalue weighted by Crippen LogP contribution is 2.38. The first-order valence-electron chi connectivity index (χ1n) is 8.32. The van der Waals surface area contributed by atoms with Crippen molar-refractivity contribution in [1.29, 1.82) is 0 Å². The van der Waals surface area contributed by atoms with Crippen LogP contribution >= 0.6 is 0 Å². The average molecular weight is 346 g/mol. The van der Waals surface area contributed by atoms with Crippen molar-refractivity contribution in [2.75, 3.05) is 41.5 Å². The Morgan fingerprint density at radius 1 is 1.16 bits per heavy atom. The maximum atomic E-state index is 12.4. The number of aryl methyl sites for hydroxylation is 1. The first kappa shape index (κ1) is 17.3. The molecule has 2 heterocycles. The smallest absolute Gasteiger partial charge is 0.351 e. The third-order valence-electron chi connectivity index (χ3n) is 4.33. The summed E-state index contributed by atoms with van der Waals surface area (Å²) in [6, 6.07) is 5.71. The van der Waals surface area contributed by atoms with Crippen LogP contribution in [-0.2, 0) is 13.0 Å². The molecule has 25 heavy (non-hydrogen) atoms. The van der Waals surface area contributed by atoms with Gasteiger partial charge in [0, 0.05) is 18.2 Å². The summed E-state index contributed by atoms with van der Waals surface area (Å²) in [4.78, 5) is 17.7. The third kappa shape index (κ3) is 3.46. The first-order valence-corrected chi connectivity index (χ1v) is 8.32. The van der Waals surface area contributed by atoms with Gasteiger partial charge in [0.15, 0.2) is 11.5 Å². The monoisotopic (exact) mass is 346 g/mol. The van der Waals surface area contributed by atoms with Crippen LogP contribution in [0, 0.1) is 0 Å². The molecule has 0 atom stereocenters. The molecule has 0 unspecified atom stereocenters. The zero-order valence-corrected chi connectivity index (χ0v) is 15.1. The fraction of sp³-hybridized carbons (Fsp3) is 0.444. The van der Waals surface area contributed by atoms with Crippen molar-refractivity contribution in [3.8, 4) is 28.6 Å². The molecule has 7 heteroatoms. The molecule has 1 aliphatic heterocycles. The molecule has 0 spiro atoms. The van der Waals surface area contributed by atoms with E-state index in [1.54, 1.807) is 18.8 Å². The fourth-order valence-corrected chi connectivity index (χ4v) is 2.96. The second-order valence-corrected chi connectivity index (χ2v) is 6.33. The third-order valence-corrected chi connectivity index (χ3v) is 4.33. The Hall–Kier alpha value is -2.54. The molecule has 0 aliphatic carbocycles. The van der Waals surface area contributed by atoms with Crippen molar-refractivity contribution in [3.63, 3.8) is 0 Å². The molecule has 134 valence electrons. The van der Waals surface area contributed by atoms with Crippen LogP contribution in [-0.4, -0.2) is 51.0 Å². The van der Waals surface area contributed by atoms with Crippen LogP contribution in [0.25, 0.3) is 11.3 Å². The van der Waals surface area contributed by atoms with Gasteiger partial charge in [0.05, 0.1) is 34.0 Å². The van der Waals surface area contributed by atoms with Crippen LogP contribution in [0.4, 0.5) is 0 Å². The molecule has 2 aromatic rings. The molecule has 3 rings (SSSR count). The number of rotatable bonds is 6. The summed E-state index contributed by atoms with van der Waals surface area (Å²) in [6.45, 7) is 1.94. The number of nitrogens with one attached hydrogen (secondary N) is 1. The number of fused-ring (bicyclic) bond motifs is 3. The maximum absolute atomic E-state index is 12.4. The van der Waals surface area contributed by atoms with Gasteiger partial charge >= 0.3 is 5.69 Å². The van der Waals surface area contributed by atoms with Gasteiger partial charge < -0.3 is 19.1 Å². The quantitative estimate of drug-likeness (QED) is 0.798. The van der Waals surface area contributed by atoms with Crippen molar-refractivity contribution in [1.82, 2.24) is 9.55 Å². The molecular weight excluding hydrogens is 322 g/mol. The van der Waals surface area contributed by atoms with Gasteiger partial charge in [-0.25, -0.2) is 4.79 Å². The number of hydrogen-bond acceptors (Lipinski definition) is 5. The number of methoxy groups -OCH3 is 2. The van der Waals surface area contributed by atoms with E-state index in [-0.39, 0.29) is 5.69 Å². The molecule has 0 fully saturated rings. The lowest BCUT2D eigenvalue weighted by Gasteiger charge is -2.23. The predicted molar refractivity (Wildman–Crippen MR) is 93.9 cm³/mol. The Morgan fingerprint density at radius 2 is 1.88 bits per heavy atom. The highest BCUT2D eigenvalue weighted by molar-refractivity contribution is 5.70. The van der Waals surface area contributed by atoms with Gasteiger partial charge in [-0.1, -0.05) is 0 Å². The predicted octanol–water partition coefficient (Wildman–Crippen LogP) is 0.00690. The highest BCUT2D eigenvalue weighted by Gasteiger charge is 2.22. The maximum Gasteiger partial charge on any atom is 0.351 e. The second kappa shape index (κ2) is 7.14. The van der Waals surface area contributed by atoms with Crippen molar-refractivity contribution >= 4 is 0 Å². The van der Waals surface area contributed by atoms with Crippen LogP contribution in [0.3, 0.4) is 0 Å². The number of hydrogen-bond donors (Lipinski definition) is 1. The van der Waals surface area contributed by atoms with Crippen molar-refractivity contribution in [3.05, 3.63) is 34.2 Å². The van der Waals surface area contributed by atoms with Gasteiger partial charge in [0.25, 0.3) is 0 Å². The van der Waals surface area contributed by atoms with E-state index in [4.69, 9.17) is 14.2 Å². The van der Waals surface area contributed by atoms with Crippen LogP contribution in [0.5, 0.6) is 17.4 Å². The lowest BCUT2D eigenvalue weighted by Crippen LogP contribution is -3.06. The number of nitrogens with zero attached hydrogens (tertiary/aromatic N) is 2. The summed E-state index contributed by atoms with van der Waals surface area (Å²) < 4.78 is 18.1. The van der Waals surface area contributed by atoms with Gasteiger partial charge in [0.1, 0.15) is 13.2 Å². The number of likely N-dealkylation sites (N-methyl/N-ethyl adjacent to an activating group) is 1. The van der Waals surface area contributed by atoms with Crippen LogP contribution < -0.4 is 24.8 Å². The second-order valence-electron chi connectivity index (χ2n) is 6.33. The molecule has 0 saturated carbocycles. The Bertz CT molecular complexity index is 830. The Labute approximate surface area is 146 Å². The van der Waals surface area contributed by atoms with E-state index in [2.05, 4.69) is 19.1 Å². The molecule has 1 aromatic carbocycles. The topological polar surface area (TPSA) is 67.0 Å². The zero-order chi connectivity index (χ0) is 18.0. The molecule has 0 radical (unpaired) electrons. The van der Waals surface area contributed by atoms with Gasteiger partial charge in [-0.15, -0.1) is 0 Å². The SMILES string of the molecule is COc1cc2c(cc1OC)-c1cc(OCC[NH+](C)C)nc(=O)n1CC2. The molecule has 0 bridgehead atoms. The summed E-state index contributed by atoms with van der Waals surface area (Å²) in [7, 11) is 7.32. The van der Waals surface area contributed by atoms with Crippen molar-refractivity contribution in [2.45, 2.75) is 13.0 Å². The summed E-state index contributed by atoms with van der Waals surface area (Å²) in [5.41, 5.74) is 2.58. The lowest BCUT2D eigenvalue weighted by molar-refractivity contribution is -0.858. The van der Waals surface area contributed by atoms with E-state index in [0.717, 1.165) is 29.8 Å². The summed E-state index contributed by atoms with van der Waals surface area (Å²) >= 11 is 0. The van der Waals surface area contributed by atoms with E-state index < -0.39 is 0 Å². The molecule has 7 nitrogen and oxygen atoms in total. The Kier molecular flexibility index (Phi) is 4.94. The normalized spacial score (nSPS) is 12.5. The Balaban J connectivity index is 2.02. The number of benzene rings is 1. The lowest BCUT2D eigenvalue weighted by atomic mass is 9.97. The minimum atomic E-state index is -0.287. The first-order chi connectivity index (χ1) is 12.0. The minimum absolute atomic E-state index is 0.287. The largest absolute Gasteiger partial charge is 0.493 e. The minimum Gasteiger partial charge on any atom is -0.493 e. The van der Waals surface area contributed by atoms with Crippen molar-refractivity contribution in [2.24, 2.45) is 0 Å². The molecule has 1 aromatic heterocycles. The van der Waals surface area contributed by atoms with Crippen molar-refractivity contribution < 1.29 is 19.1 Å². The van der Waals surface area contributed by atoms with Gasteiger partial charge in [0.2, 0.25) is 5.88 Å². The average Bonchev–Trinajstić information content (AvgIpc) is 2.60. The summed E-state index contributed by atoms with van der Waals surface area (Å²) in [6.07, 6.45) is 0.745. The Morgan fingerprint density at radius 3 is 2.56 bits per heavy atom.